The highest BCUT2D eigenvalue weighted by atomic mass is 32.2. The Balaban J connectivity index is 2.20. The first kappa shape index (κ1) is 14.9. The predicted octanol–water partition coefficient (Wildman–Crippen LogP) is 1.14. The van der Waals surface area contributed by atoms with Crippen molar-refractivity contribution in [2.75, 3.05) is 13.2 Å². The highest BCUT2D eigenvalue weighted by Gasteiger charge is 2.42. The van der Waals surface area contributed by atoms with E-state index in [1.54, 1.807) is 6.07 Å². The van der Waals surface area contributed by atoms with Crippen LogP contribution in [0.3, 0.4) is 0 Å². The van der Waals surface area contributed by atoms with Crippen LogP contribution in [0.1, 0.15) is 24.8 Å². The number of hydrogen-bond acceptors (Lipinski definition) is 4. The normalized spacial score (nSPS) is 16.6. The first-order valence-electron chi connectivity index (χ1n) is 6.23. The molecule has 1 fully saturated rings. The van der Waals surface area contributed by atoms with E-state index in [9.17, 15) is 12.8 Å². The summed E-state index contributed by atoms with van der Waals surface area (Å²) in [5, 5.41) is 17.8. The first-order valence-corrected chi connectivity index (χ1v) is 7.72. The van der Waals surface area contributed by atoms with Crippen molar-refractivity contribution in [2.24, 2.45) is 5.41 Å². The number of nitrogens with one attached hydrogen (secondary N) is 1. The SMILES string of the molecule is N#Cc1c(F)cccc1S(=O)(=O)NCC1(CCO)CC1. The maximum atomic E-state index is 13.4. The van der Waals surface area contributed by atoms with Crippen LogP contribution in [0.25, 0.3) is 0 Å². The molecule has 1 aromatic carbocycles. The average Bonchev–Trinajstić information content (AvgIpc) is 3.17. The molecular weight excluding hydrogens is 283 g/mol. The van der Waals surface area contributed by atoms with E-state index in [0.717, 1.165) is 18.9 Å². The molecule has 20 heavy (non-hydrogen) atoms. The molecule has 1 aromatic rings. The Hall–Kier alpha value is -1.49. The van der Waals surface area contributed by atoms with Crippen LogP contribution < -0.4 is 4.72 Å². The fourth-order valence-corrected chi connectivity index (χ4v) is 3.41. The molecule has 0 atom stereocenters. The summed E-state index contributed by atoms with van der Waals surface area (Å²) in [6, 6.07) is 5.08. The molecule has 2 N–H and O–H groups in total. The Morgan fingerprint density at radius 2 is 2.15 bits per heavy atom. The number of aliphatic hydroxyl groups excluding tert-OH is 1. The zero-order valence-electron chi connectivity index (χ0n) is 10.8. The van der Waals surface area contributed by atoms with Gasteiger partial charge in [0.05, 0.1) is 0 Å². The molecule has 0 aromatic heterocycles. The van der Waals surface area contributed by atoms with Gasteiger partial charge in [0.15, 0.2) is 0 Å². The van der Waals surface area contributed by atoms with Crippen molar-refractivity contribution in [1.29, 1.82) is 5.26 Å². The van der Waals surface area contributed by atoms with Gasteiger partial charge in [-0.3, -0.25) is 0 Å². The Morgan fingerprint density at radius 3 is 2.70 bits per heavy atom. The average molecular weight is 298 g/mol. The molecule has 0 bridgehead atoms. The number of halogens is 1. The van der Waals surface area contributed by atoms with Gasteiger partial charge in [0, 0.05) is 13.2 Å². The minimum Gasteiger partial charge on any atom is -0.396 e. The first-order chi connectivity index (χ1) is 9.44. The van der Waals surface area contributed by atoms with E-state index in [1.165, 1.54) is 12.1 Å². The van der Waals surface area contributed by atoms with Gasteiger partial charge < -0.3 is 5.11 Å². The van der Waals surface area contributed by atoms with Crippen molar-refractivity contribution in [3.8, 4) is 6.07 Å². The Bertz CT molecular complexity index is 648. The third-order valence-electron chi connectivity index (χ3n) is 3.61. The lowest BCUT2D eigenvalue weighted by Crippen LogP contribution is -2.31. The van der Waals surface area contributed by atoms with Crippen LogP contribution in [0.2, 0.25) is 0 Å². The van der Waals surface area contributed by atoms with Crippen LogP contribution in [0, 0.1) is 22.6 Å². The second-order valence-corrected chi connectivity index (χ2v) is 6.76. The van der Waals surface area contributed by atoms with Gasteiger partial charge in [-0.25, -0.2) is 17.5 Å². The van der Waals surface area contributed by atoms with E-state index in [-0.39, 0.29) is 23.5 Å². The summed E-state index contributed by atoms with van der Waals surface area (Å²) in [6.07, 6.45) is 2.23. The Labute approximate surface area is 117 Å². The molecule has 1 aliphatic rings. The summed E-state index contributed by atoms with van der Waals surface area (Å²) in [5.41, 5.74) is -0.672. The number of nitriles is 1. The largest absolute Gasteiger partial charge is 0.396 e. The van der Waals surface area contributed by atoms with Gasteiger partial charge >= 0.3 is 0 Å². The van der Waals surface area contributed by atoms with Gasteiger partial charge in [0.2, 0.25) is 10.0 Å². The lowest BCUT2D eigenvalue weighted by Gasteiger charge is -2.15. The molecule has 2 rings (SSSR count). The highest BCUT2D eigenvalue weighted by molar-refractivity contribution is 7.89. The van der Waals surface area contributed by atoms with E-state index in [4.69, 9.17) is 10.4 Å². The van der Waals surface area contributed by atoms with E-state index in [2.05, 4.69) is 4.72 Å². The summed E-state index contributed by atoms with van der Waals surface area (Å²) < 4.78 is 40.2. The molecule has 1 aliphatic carbocycles. The standard InChI is InChI=1S/C13H15FN2O3S/c14-11-2-1-3-12(10(11)8-15)20(18,19)16-9-13(4-5-13)6-7-17/h1-3,16-17H,4-7,9H2. The Morgan fingerprint density at radius 1 is 1.45 bits per heavy atom. The lowest BCUT2D eigenvalue weighted by atomic mass is 10.0. The van der Waals surface area contributed by atoms with Gasteiger partial charge in [0.1, 0.15) is 22.3 Å². The van der Waals surface area contributed by atoms with Crippen molar-refractivity contribution in [1.82, 2.24) is 4.72 Å². The van der Waals surface area contributed by atoms with Crippen LogP contribution in [0.15, 0.2) is 23.1 Å². The number of benzene rings is 1. The molecule has 1 saturated carbocycles. The van der Waals surface area contributed by atoms with Gasteiger partial charge in [-0.05, 0) is 36.8 Å². The van der Waals surface area contributed by atoms with Gasteiger partial charge in [-0.2, -0.15) is 5.26 Å². The van der Waals surface area contributed by atoms with Gasteiger partial charge in [-0.1, -0.05) is 6.07 Å². The number of sulfonamides is 1. The minimum atomic E-state index is -3.93. The van der Waals surface area contributed by atoms with Crippen molar-refractivity contribution in [3.05, 3.63) is 29.6 Å². The molecule has 0 aliphatic heterocycles. The van der Waals surface area contributed by atoms with Crippen LogP contribution in [0.5, 0.6) is 0 Å². The summed E-state index contributed by atoms with van der Waals surface area (Å²) in [6.45, 7) is 0.197. The maximum absolute atomic E-state index is 13.4. The molecule has 0 radical (unpaired) electrons. The van der Waals surface area contributed by atoms with Gasteiger partial charge in [-0.15, -0.1) is 0 Å². The summed E-state index contributed by atoms with van der Waals surface area (Å²) in [7, 11) is -3.93. The fourth-order valence-electron chi connectivity index (χ4n) is 2.09. The quantitative estimate of drug-likeness (QED) is 0.824. The lowest BCUT2D eigenvalue weighted by molar-refractivity contribution is 0.249. The molecular formula is C13H15FN2O3S. The van der Waals surface area contributed by atoms with Crippen molar-refractivity contribution < 1.29 is 17.9 Å². The monoisotopic (exact) mass is 298 g/mol. The third kappa shape index (κ3) is 2.98. The summed E-state index contributed by atoms with van der Waals surface area (Å²) in [5.74, 6) is -0.855. The number of hydrogen-bond donors (Lipinski definition) is 2. The maximum Gasteiger partial charge on any atom is 0.242 e. The molecule has 0 unspecified atom stereocenters. The molecule has 7 heteroatoms. The van der Waals surface area contributed by atoms with Crippen molar-refractivity contribution in [3.63, 3.8) is 0 Å². The number of aliphatic hydroxyl groups is 1. The third-order valence-corrected chi connectivity index (χ3v) is 5.06. The second-order valence-electron chi connectivity index (χ2n) is 5.02. The molecule has 108 valence electrons. The molecule has 0 saturated heterocycles. The van der Waals surface area contributed by atoms with Crippen LogP contribution in [-0.4, -0.2) is 26.7 Å². The predicted molar refractivity (Wildman–Crippen MR) is 69.7 cm³/mol. The number of nitrogens with zero attached hydrogens (tertiary/aromatic N) is 1. The molecule has 0 heterocycles. The van der Waals surface area contributed by atoms with E-state index in [0.29, 0.717) is 6.42 Å². The van der Waals surface area contributed by atoms with Gasteiger partial charge in [0.25, 0.3) is 0 Å². The number of rotatable bonds is 6. The van der Waals surface area contributed by atoms with E-state index < -0.39 is 21.4 Å². The Kier molecular flexibility index (Phi) is 4.09. The second kappa shape index (κ2) is 5.48. The van der Waals surface area contributed by atoms with Crippen molar-refractivity contribution >= 4 is 10.0 Å². The smallest absolute Gasteiger partial charge is 0.242 e. The van der Waals surface area contributed by atoms with E-state index >= 15 is 0 Å². The van der Waals surface area contributed by atoms with Crippen LogP contribution in [-0.2, 0) is 10.0 Å². The topological polar surface area (TPSA) is 90.2 Å². The molecule has 0 spiro atoms. The zero-order chi connectivity index (χ0) is 14.8. The molecule has 5 nitrogen and oxygen atoms in total. The van der Waals surface area contributed by atoms with E-state index in [1.807, 2.05) is 0 Å². The van der Waals surface area contributed by atoms with Crippen molar-refractivity contribution in [2.45, 2.75) is 24.2 Å². The summed E-state index contributed by atoms with van der Waals surface area (Å²) in [4.78, 5) is -0.347. The fraction of sp³-hybridized carbons (Fsp3) is 0.462. The highest BCUT2D eigenvalue weighted by Crippen LogP contribution is 2.48. The summed E-state index contributed by atoms with van der Waals surface area (Å²) >= 11 is 0. The zero-order valence-corrected chi connectivity index (χ0v) is 11.6. The molecule has 0 amide bonds. The minimum absolute atomic E-state index is 0.00510. The van der Waals surface area contributed by atoms with Crippen LogP contribution >= 0.6 is 0 Å². The van der Waals surface area contributed by atoms with Crippen LogP contribution in [0.4, 0.5) is 4.39 Å².